The lowest BCUT2D eigenvalue weighted by atomic mass is 10.1. The van der Waals surface area contributed by atoms with Gasteiger partial charge in [-0.05, 0) is 24.6 Å². The molecule has 1 aromatic rings. The summed E-state index contributed by atoms with van der Waals surface area (Å²) >= 11 is 0. The van der Waals surface area contributed by atoms with E-state index in [2.05, 4.69) is 11.4 Å². The number of ether oxygens (including phenoxy) is 1. The highest BCUT2D eigenvalue weighted by atomic mass is 16.5. The lowest BCUT2D eigenvalue weighted by Gasteiger charge is -2.20. The molecule has 0 aliphatic heterocycles. The molecule has 0 aliphatic rings. The lowest BCUT2D eigenvalue weighted by Crippen LogP contribution is -2.36. The van der Waals surface area contributed by atoms with E-state index in [0.717, 1.165) is 11.3 Å². The van der Waals surface area contributed by atoms with Crippen molar-refractivity contribution in [2.24, 2.45) is 0 Å². The van der Waals surface area contributed by atoms with Crippen LogP contribution in [0.1, 0.15) is 11.1 Å². The predicted octanol–water partition coefficient (Wildman–Crippen LogP) is 1.07. The third kappa shape index (κ3) is 4.60. The van der Waals surface area contributed by atoms with Gasteiger partial charge in [-0.25, -0.2) is 0 Å². The Bertz CT molecular complexity index is 480. The van der Waals surface area contributed by atoms with Crippen LogP contribution in [0.25, 0.3) is 0 Å². The number of amides is 1. The first-order valence-corrected chi connectivity index (χ1v) is 6.06. The van der Waals surface area contributed by atoms with Gasteiger partial charge in [0.25, 0.3) is 0 Å². The van der Waals surface area contributed by atoms with Gasteiger partial charge in [0.15, 0.2) is 0 Å². The van der Waals surface area contributed by atoms with Crippen LogP contribution in [0.4, 0.5) is 5.69 Å². The highest BCUT2D eigenvalue weighted by molar-refractivity contribution is 5.81. The number of rotatable bonds is 6. The van der Waals surface area contributed by atoms with Gasteiger partial charge in [0, 0.05) is 20.7 Å². The first-order chi connectivity index (χ1) is 9.08. The number of hydrogen-bond donors (Lipinski definition) is 1. The smallest absolute Gasteiger partial charge is 0.239 e. The fourth-order valence-electron chi connectivity index (χ4n) is 1.70. The Morgan fingerprint density at radius 1 is 1.53 bits per heavy atom. The maximum Gasteiger partial charge on any atom is 0.239 e. The number of methoxy groups -OCH3 is 1. The molecule has 0 aliphatic carbocycles. The van der Waals surface area contributed by atoms with E-state index in [0.29, 0.717) is 18.7 Å². The number of benzene rings is 1. The standard InChI is InChI=1S/C14H19N3O2/c1-11-4-5-12(9-15)13(8-11)17(2)10-14(18)16-6-7-19-3/h4-5,8H,6-7,10H2,1-3H3,(H,16,18). The van der Waals surface area contributed by atoms with E-state index in [4.69, 9.17) is 10.00 Å². The zero-order valence-corrected chi connectivity index (χ0v) is 11.6. The maximum absolute atomic E-state index is 11.7. The number of nitrogens with one attached hydrogen (secondary N) is 1. The fraction of sp³-hybridized carbons (Fsp3) is 0.429. The van der Waals surface area contributed by atoms with Crippen LogP contribution in [0, 0.1) is 18.3 Å². The molecule has 0 saturated carbocycles. The molecular formula is C14H19N3O2. The number of hydrogen-bond acceptors (Lipinski definition) is 4. The average Bonchev–Trinajstić information content (AvgIpc) is 2.39. The van der Waals surface area contributed by atoms with Crippen molar-refractivity contribution in [3.8, 4) is 6.07 Å². The van der Waals surface area contributed by atoms with Crippen molar-refractivity contribution in [1.82, 2.24) is 5.32 Å². The zero-order valence-electron chi connectivity index (χ0n) is 11.6. The van der Waals surface area contributed by atoms with Crippen LogP contribution in [-0.4, -0.2) is 39.8 Å². The fourth-order valence-corrected chi connectivity index (χ4v) is 1.70. The third-order valence-electron chi connectivity index (χ3n) is 2.69. The Hall–Kier alpha value is -2.06. The van der Waals surface area contributed by atoms with E-state index >= 15 is 0 Å². The molecule has 1 N–H and O–H groups in total. The Balaban J connectivity index is 2.67. The Labute approximate surface area is 113 Å². The molecule has 1 aromatic carbocycles. The van der Waals surface area contributed by atoms with Crippen molar-refractivity contribution in [3.63, 3.8) is 0 Å². The molecule has 0 unspecified atom stereocenters. The molecule has 1 amide bonds. The summed E-state index contributed by atoms with van der Waals surface area (Å²) in [6, 6.07) is 7.69. The number of likely N-dealkylation sites (N-methyl/N-ethyl adjacent to an activating group) is 1. The van der Waals surface area contributed by atoms with Crippen molar-refractivity contribution in [1.29, 1.82) is 5.26 Å². The minimum atomic E-state index is -0.0926. The molecule has 0 heterocycles. The first-order valence-electron chi connectivity index (χ1n) is 6.06. The van der Waals surface area contributed by atoms with Gasteiger partial charge >= 0.3 is 0 Å². The minimum absolute atomic E-state index is 0.0926. The highest BCUT2D eigenvalue weighted by Crippen LogP contribution is 2.20. The van der Waals surface area contributed by atoms with Crippen LogP contribution in [0.5, 0.6) is 0 Å². The topological polar surface area (TPSA) is 65.4 Å². The van der Waals surface area contributed by atoms with E-state index < -0.39 is 0 Å². The molecule has 5 heteroatoms. The quantitative estimate of drug-likeness (QED) is 0.778. The largest absolute Gasteiger partial charge is 0.383 e. The van der Waals surface area contributed by atoms with Crippen LogP contribution < -0.4 is 10.2 Å². The Morgan fingerprint density at radius 3 is 2.89 bits per heavy atom. The van der Waals surface area contributed by atoms with Crippen LogP contribution >= 0.6 is 0 Å². The van der Waals surface area contributed by atoms with Crippen molar-refractivity contribution in [2.45, 2.75) is 6.92 Å². The number of nitrogens with zero attached hydrogens (tertiary/aromatic N) is 2. The number of nitriles is 1. The van der Waals surface area contributed by atoms with Crippen LogP contribution in [0.2, 0.25) is 0 Å². The molecule has 0 atom stereocenters. The summed E-state index contributed by atoms with van der Waals surface area (Å²) in [4.78, 5) is 13.5. The van der Waals surface area contributed by atoms with Gasteiger partial charge in [-0.15, -0.1) is 0 Å². The molecule has 0 radical (unpaired) electrons. The van der Waals surface area contributed by atoms with E-state index in [9.17, 15) is 4.79 Å². The van der Waals surface area contributed by atoms with E-state index in [-0.39, 0.29) is 12.5 Å². The molecule has 0 saturated heterocycles. The SMILES string of the molecule is COCCNC(=O)CN(C)c1cc(C)ccc1C#N. The molecule has 0 fully saturated rings. The summed E-state index contributed by atoms with van der Waals surface area (Å²) in [6.45, 7) is 3.14. The zero-order chi connectivity index (χ0) is 14.3. The monoisotopic (exact) mass is 261 g/mol. The second kappa shape index (κ2) is 7.39. The predicted molar refractivity (Wildman–Crippen MR) is 74.0 cm³/mol. The van der Waals surface area contributed by atoms with Crippen LogP contribution in [0.3, 0.4) is 0 Å². The molecule has 102 valence electrons. The van der Waals surface area contributed by atoms with Crippen molar-refractivity contribution < 1.29 is 9.53 Å². The van der Waals surface area contributed by atoms with Crippen molar-refractivity contribution in [3.05, 3.63) is 29.3 Å². The molecule has 1 rings (SSSR count). The van der Waals surface area contributed by atoms with E-state index in [1.165, 1.54) is 0 Å². The van der Waals surface area contributed by atoms with Crippen molar-refractivity contribution in [2.75, 3.05) is 38.8 Å². The summed E-state index contributed by atoms with van der Waals surface area (Å²) < 4.78 is 4.86. The van der Waals surface area contributed by atoms with Gasteiger partial charge < -0.3 is 15.0 Å². The number of anilines is 1. The maximum atomic E-state index is 11.7. The average molecular weight is 261 g/mol. The second-order valence-electron chi connectivity index (χ2n) is 4.33. The minimum Gasteiger partial charge on any atom is -0.383 e. The van der Waals surface area contributed by atoms with E-state index in [1.807, 2.05) is 19.1 Å². The van der Waals surface area contributed by atoms with E-state index in [1.54, 1.807) is 25.1 Å². The van der Waals surface area contributed by atoms with Gasteiger partial charge in [0.2, 0.25) is 5.91 Å². The normalized spacial score (nSPS) is 9.79. The highest BCUT2D eigenvalue weighted by Gasteiger charge is 2.11. The van der Waals surface area contributed by atoms with Crippen molar-refractivity contribution >= 4 is 11.6 Å². The van der Waals surface area contributed by atoms with Crippen LogP contribution in [0.15, 0.2) is 18.2 Å². The number of carbonyl (C=O) groups excluding carboxylic acids is 1. The van der Waals surface area contributed by atoms with Gasteiger partial charge in [-0.1, -0.05) is 6.07 Å². The molecule has 5 nitrogen and oxygen atoms in total. The summed E-state index contributed by atoms with van der Waals surface area (Å²) in [6.07, 6.45) is 0. The molecule has 19 heavy (non-hydrogen) atoms. The Morgan fingerprint density at radius 2 is 2.26 bits per heavy atom. The summed E-state index contributed by atoms with van der Waals surface area (Å²) in [5.74, 6) is -0.0926. The Kier molecular flexibility index (Phi) is 5.83. The molecule has 0 bridgehead atoms. The van der Waals surface area contributed by atoms with Gasteiger partial charge in [-0.3, -0.25) is 4.79 Å². The summed E-state index contributed by atoms with van der Waals surface area (Å²) in [5.41, 5.74) is 2.39. The molecular weight excluding hydrogens is 242 g/mol. The van der Waals surface area contributed by atoms with Crippen LogP contribution in [-0.2, 0) is 9.53 Å². The third-order valence-corrected chi connectivity index (χ3v) is 2.69. The molecule has 0 spiro atoms. The number of carbonyl (C=O) groups is 1. The van der Waals surface area contributed by atoms with Gasteiger partial charge in [0.05, 0.1) is 24.4 Å². The second-order valence-corrected chi connectivity index (χ2v) is 4.33. The first kappa shape index (κ1) is 15.0. The summed E-state index contributed by atoms with van der Waals surface area (Å²) in [7, 11) is 3.38. The number of aryl methyl sites for hydroxylation is 1. The lowest BCUT2D eigenvalue weighted by molar-refractivity contribution is -0.119. The van der Waals surface area contributed by atoms with Gasteiger partial charge in [-0.2, -0.15) is 5.26 Å². The van der Waals surface area contributed by atoms with Gasteiger partial charge in [0.1, 0.15) is 6.07 Å². The molecule has 0 aromatic heterocycles. The summed E-state index contributed by atoms with van der Waals surface area (Å²) in [5, 5.41) is 11.8.